The Bertz CT molecular complexity index is 926. The Hall–Kier alpha value is -1.70. The van der Waals surface area contributed by atoms with Crippen molar-refractivity contribution >= 4 is 34.8 Å². The molecule has 2 heterocycles. The molecular formula is C19H18Cl2FN3O2. The monoisotopic (exact) mass is 409 g/mol. The number of aliphatic hydroxyl groups excluding tert-OH is 1. The number of rotatable bonds is 3. The zero-order chi connectivity index (χ0) is 19.3. The Morgan fingerprint density at radius 1 is 1.26 bits per heavy atom. The first-order chi connectivity index (χ1) is 12.9. The largest absolute Gasteiger partial charge is 0.396 e. The minimum atomic E-state index is -1.27. The lowest BCUT2D eigenvalue weighted by molar-refractivity contribution is -0.122. The molecule has 1 saturated heterocycles. The van der Waals surface area contributed by atoms with Crippen LogP contribution in [-0.4, -0.2) is 29.7 Å². The lowest BCUT2D eigenvalue weighted by Gasteiger charge is -2.31. The summed E-state index contributed by atoms with van der Waals surface area (Å²) in [5, 5.41) is 16.0. The summed E-state index contributed by atoms with van der Waals surface area (Å²) in [6, 6.07) is 8.76. The highest BCUT2D eigenvalue weighted by Crippen LogP contribution is 2.52. The second kappa shape index (κ2) is 6.72. The van der Waals surface area contributed by atoms with Crippen molar-refractivity contribution in [2.75, 3.05) is 11.9 Å². The van der Waals surface area contributed by atoms with Gasteiger partial charge in [0, 0.05) is 40.9 Å². The van der Waals surface area contributed by atoms with Crippen molar-refractivity contribution in [3.63, 3.8) is 0 Å². The van der Waals surface area contributed by atoms with Gasteiger partial charge in [-0.3, -0.25) is 10.1 Å². The van der Waals surface area contributed by atoms with Crippen LogP contribution < -0.4 is 16.4 Å². The Balaban J connectivity index is 1.95. The van der Waals surface area contributed by atoms with Crippen molar-refractivity contribution in [1.82, 2.24) is 5.32 Å². The van der Waals surface area contributed by atoms with E-state index in [0.29, 0.717) is 22.7 Å². The number of benzene rings is 2. The highest BCUT2D eigenvalue weighted by Gasteiger charge is 2.61. The van der Waals surface area contributed by atoms with Crippen LogP contribution in [0.15, 0.2) is 36.4 Å². The quantitative estimate of drug-likeness (QED) is 0.627. The number of carbonyl (C=O) groups excluding carboxylic acids is 1. The van der Waals surface area contributed by atoms with E-state index >= 15 is 0 Å². The standard InChI is InChI=1S/C19H18Cl2FN3O2/c20-9-4-5-11-14(8-9)24-18(27)19(11)15(17(23)13(25-19)6-7-26)10-2-1-3-12(21)16(10)22/h1-5,8,13,15,17,25-26H,6-7,23H2,(H,24,27)/t13-,15-,17+,19+/m0/s1. The fourth-order valence-corrected chi connectivity index (χ4v) is 4.72. The van der Waals surface area contributed by atoms with Crippen LogP contribution in [0.3, 0.4) is 0 Å². The van der Waals surface area contributed by atoms with Crippen LogP contribution in [0, 0.1) is 5.82 Å². The molecule has 4 rings (SSSR count). The number of hydrogen-bond donors (Lipinski definition) is 4. The van der Waals surface area contributed by atoms with Gasteiger partial charge in [-0.2, -0.15) is 0 Å². The molecule has 0 unspecified atom stereocenters. The second-order valence-electron chi connectivity index (χ2n) is 6.91. The van der Waals surface area contributed by atoms with Crippen LogP contribution in [0.5, 0.6) is 0 Å². The van der Waals surface area contributed by atoms with Gasteiger partial charge in [-0.25, -0.2) is 4.39 Å². The van der Waals surface area contributed by atoms with Gasteiger partial charge in [0.05, 0.1) is 5.02 Å². The predicted molar refractivity (Wildman–Crippen MR) is 103 cm³/mol. The van der Waals surface area contributed by atoms with Gasteiger partial charge in [-0.1, -0.05) is 41.4 Å². The first-order valence-electron chi connectivity index (χ1n) is 8.59. The molecule has 1 amide bonds. The number of hydrogen-bond acceptors (Lipinski definition) is 4. The van der Waals surface area contributed by atoms with Crippen molar-refractivity contribution in [2.45, 2.75) is 30.0 Å². The Kier molecular flexibility index (Phi) is 4.64. The molecule has 0 bridgehead atoms. The third-order valence-corrected chi connectivity index (χ3v) is 6.03. The minimum absolute atomic E-state index is 0.0322. The average Bonchev–Trinajstić information content (AvgIpc) is 3.06. The fraction of sp³-hybridized carbons (Fsp3) is 0.316. The number of fused-ring (bicyclic) bond motifs is 2. The molecule has 5 N–H and O–H groups in total. The molecule has 1 fully saturated rings. The van der Waals surface area contributed by atoms with Gasteiger partial charge in [0.1, 0.15) is 11.4 Å². The van der Waals surface area contributed by atoms with E-state index in [1.165, 1.54) is 6.07 Å². The Morgan fingerprint density at radius 2 is 2.04 bits per heavy atom. The molecule has 1 spiro atoms. The minimum Gasteiger partial charge on any atom is -0.396 e. The van der Waals surface area contributed by atoms with E-state index in [1.54, 1.807) is 30.3 Å². The van der Waals surface area contributed by atoms with Crippen LogP contribution in [0.2, 0.25) is 10.0 Å². The average molecular weight is 410 g/mol. The van der Waals surface area contributed by atoms with E-state index in [4.69, 9.17) is 28.9 Å². The number of amides is 1. The molecular weight excluding hydrogens is 392 g/mol. The maximum Gasteiger partial charge on any atom is 0.250 e. The first-order valence-corrected chi connectivity index (χ1v) is 9.35. The summed E-state index contributed by atoms with van der Waals surface area (Å²) < 4.78 is 14.9. The topological polar surface area (TPSA) is 87.4 Å². The lowest BCUT2D eigenvalue weighted by atomic mass is 9.74. The molecule has 2 aliphatic heterocycles. The summed E-state index contributed by atoms with van der Waals surface area (Å²) >= 11 is 12.1. The Labute approximate surface area is 165 Å². The molecule has 8 heteroatoms. The fourth-order valence-electron chi connectivity index (χ4n) is 4.36. The van der Waals surface area contributed by atoms with E-state index in [0.717, 1.165) is 0 Å². The van der Waals surface area contributed by atoms with Gasteiger partial charge >= 0.3 is 0 Å². The lowest BCUT2D eigenvalue weighted by Crippen LogP contribution is -2.49. The van der Waals surface area contributed by atoms with Gasteiger partial charge in [-0.05, 0) is 30.2 Å². The smallest absolute Gasteiger partial charge is 0.250 e. The molecule has 2 aromatic rings. The maximum atomic E-state index is 14.9. The van der Waals surface area contributed by atoms with E-state index in [9.17, 15) is 14.3 Å². The molecule has 0 aromatic heterocycles. The summed E-state index contributed by atoms with van der Waals surface area (Å²) in [7, 11) is 0. The van der Waals surface area contributed by atoms with Gasteiger partial charge in [0.15, 0.2) is 0 Å². The number of aliphatic hydroxyl groups is 1. The molecule has 4 atom stereocenters. The zero-order valence-corrected chi connectivity index (χ0v) is 15.7. The molecule has 27 heavy (non-hydrogen) atoms. The van der Waals surface area contributed by atoms with Gasteiger partial charge < -0.3 is 16.2 Å². The molecule has 5 nitrogen and oxygen atoms in total. The van der Waals surface area contributed by atoms with Gasteiger partial charge in [0.2, 0.25) is 5.91 Å². The van der Waals surface area contributed by atoms with Crippen molar-refractivity contribution in [3.05, 3.63) is 63.4 Å². The van der Waals surface area contributed by atoms with Crippen molar-refractivity contribution in [3.8, 4) is 0 Å². The van der Waals surface area contributed by atoms with Crippen molar-refractivity contribution in [2.24, 2.45) is 5.73 Å². The molecule has 2 aliphatic rings. The van der Waals surface area contributed by atoms with Crippen molar-refractivity contribution < 1.29 is 14.3 Å². The number of anilines is 1. The molecule has 142 valence electrons. The highest BCUT2D eigenvalue weighted by molar-refractivity contribution is 6.31. The van der Waals surface area contributed by atoms with E-state index in [-0.39, 0.29) is 29.1 Å². The SMILES string of the molecule is N[C@@H]1[C@H](CCO)N[C@@]2(C(=O)Nc3cc(Cl)ccc32)[C@H]1c1cccc(Cl)c1F. The molecule has 0 saturated carbocycles. The number of halogens is 3. The third-order valence-electron chi connectivity index (χ3n) is 5.50. The highest BCUT2D eigenvalue weighted by atomic mass is 35.5. The van der Waals surface area contributed by atoms with Crippen molar-refractivity contribution in [1.29, 1.82) is 0 Å². The van der Waals surface area contributed by atoms with E-state index in [2.05, 4.69) is 10.6 Å². The van der Waals surface area contributed by atoms with Crippen LogP contribution in [0.1, 0.15) is 23.5 Å². The first kappa shape index (κ1) is 18.7. The summed E-state index contributed by atoms with van der Waals surface area (Å²) in [6.07, 6.45) is 0.331. The van der Waals surface area contributed by atoms with Gasteiger partial charge in [0.25, 0.3) is 0 Å². The summed E-state index contributed by atoms with van der Waals surface area (Å²) in [5.41, 5.74) is 6.68. The molecule has 0 radical (unpaired) electrons. The van der Waals surface area contributed by atoms with Crippen LogP contribution >= 0.6 is 23.2 Å². The zero-order valence-electron chi connectivity index (χ0n) is 14.2. The Morgan fingerprint density at radius 3 is 2.78 bits per heavy atom. The van der Waals surface area contributed by atoms with Crippen LogP contribution in [0.25, 0.3) is 0 Å². The second-order valence-corrected chi connectivity index (χ2v) is 7.76. The maximum absolute atomic E-state index is 14.9. The number of nitrogens with two attached hydrogens (primary N) is 1. The predicted octanol–water partition coefficient (Wildman–Crippen LogP) is 2.75. The number of carbonyl (C=O) groups is 1. The van der Waals surface area contributed by atoms with Gasteiger partial charge in [-0.15, -0.1) is 0 Å². The normalized spacial score (nSPS) is 29.2. The summed E-state index contributed by atoms with van der Waals surface area (Å²) in [6.45, 7) is -0.110. The number of nitrogens with one attached hydrogen (secondary N) is 2. The summed E-state index contributed by atoms with van der Waals surface area (Å²) in [5.74, 6) is -1.64. The third kappa shape index (κ3) is 2.67. The van der Waals surface area contributed by atoms with Crippen LogP contribution in [0.4, 0.5) is 10.1 Å². The molecule has 0 aliphatic carbocycles. The summed E-state index contributed by atoms with van der Waals surface area (Å²) in [4.78, 5) is 13.2. The van der Waals surface area contributed by atoms with Crippen LogP contribution in [-0.2, 0) is 10.3 Å². The van der Waals surface area contributed by atoms with E-state index < -0.39 is 23.3 Å². The molecule has 2 aromatic carbocycles. The van der Waals surface area contributed by atoms with E-state index in [1.807, 2.05) is 0 Å².